The van der Waals surface area contributed by atoms with Gasteiger partial charge < -0.3 is 17.4 Å². The highest BCUT2D eigenvalue weighted by Crippen LogP contribution is 2.19. The molecule has 34 heavy (non-hydrogen) atoms. The lowest BCUT2D eigenvalue weighted by Gasteiger charge is -2.36. The predicted molar refractivity (Wildman–Crippen MR) is 142 cm³/mol. The van der Waals surface area contributed by atoms with E-state index in [-0.39, 0.29) is 34.8 Å². The molecule has 2 aromatic heterocycles. The van der Waals surface area contributed by atoms with Crippen molar-refractivity contribution in [2.24, 2.45) is 0 Å². The van der Waals surface area contributed by atoms with Crippen molar-refractivity contribution in [1.82, 2.24) is 18.3 Å². The molecule has 4 bridgehead atoms. The van der Waals surface area contributed by atoms with Crippen LogP contribution in [0.1, 0.15) is 0 Å². The van der Waals surface area contributed by atoms with Gasteiger partial charge >= 0.3 is 11.4 Å². The van der Waals surface area contributed by atoms with E-state index in [4.69, 9.17) is 8.23 Å². The Morgan fingerprint density at radius 2 is 0.853 bits per heavy atom. The highest BCUT2D eigenvalue weighted by Gasteiger charge is 2.38. The Morgan fingerprint density at radius 3 is 1.18 bits per heavy atom. The summed E-state index contributed by atoms with van der Waals surface area (Å²) < 4.78 is 18.9. The van der Waals surface area contributed by atoms with Gasteiger partial charge in [0.25, 0.3) is 11.1 Å². The summed E-state index contributed by atoms with van der Waals surface area (Å²) in [6.45, 7) is 16.0. The van der Waals surface area contributed by atoms with E-state index in [0.29, 0.717) is 12.3 Å². The molecule has 14 heteroatoms. The van der Waals surface area contributed by atoms with Crippen LogP contribution in [0.5, 0.6) is 0 Å². The van der Waals surface area contributed by atoms with Crippen LogP contribution in [0.3, 0.4) is 0 Å². The predicted octanol–water partition coefficient (Wildman–Crippen LogP) is 1.06. The van der Waals surface area contributed by atoms with E-state index in [9.17, 15) is 19.2 Å². The van der Waals surface area contributed by atoms with Crippen LogP contribution in [0.4, 0.5) is 0 Å². The maximum Gasteiger partial charge on any atom is 0.330 e. The summed E-state index contributed by atoms with van der Waals surface area (Å²) in [4.78, 5) is 51.9. The lowest BCUT2D eigenvalue weighted by Crippen LogP contribution is -2.57. The van der Waals surface area contributed by atoms with Gasteiger partial charge in [-0.15, -0.1) is 0 Å². The zero-order chi connectivity index (χ0) is 25.7. The molecule has 3 rings (SSSR count). The van der Waals surface area contributed by atoms with Crippen LogP contribution < -0.4 is 22.5 Å². The van der Waals surface area contributed by atoms with Gasteiger partial charge in [-0.3, -0.25) is 18.7 Å². The van der Waals surface area contributed by atoms with E-state index in [2.05, 4.69) is 0 Å². The minimum absolute atomic E-state index is 0.193. The summed E-state index contributed by atoms with van der Waals surface area (Å²) in [5.41, 5.74) is -1.43. The lowest BCUT2D eigenvalue weighted by molar-refractivity contribution is 0.474. The summed E-state index contributed by atoms with van der Waals surface area (Å²) >= 11 is 0. The molecule has 0 N–H and O–H groups in total. The summed E-state index contributed by atoms with van der Waals surface area (Å²) in [6, 6.07) is 2.85. The molecule has 0 atom stereocenters. The Morgan fingerprint density at radius 1 is 0.559 bits per heavy atom. The van der Waals surface area contributed by atoms with Crippen LogP contribution in [0.2, 0.25) is 52.4 Å². The van der Waals surface area contributed by atoms with Crippen molar-refractivity contribution in [3.05, 3.63) is 66.2 Å². The van der Waals surface area contributed by atoms with Crippen LogP contribution in [-0.2, 0) is 32.9 Å². The number of hydrogen-bond donors (Lipinski definition) is 0. The maximum absolute atomic E-state index is 13.3. The minimum Gasteiger partial charge on any atom is -0.453 e. The average molecular weight is 541 g/mol. The Kier molecular flexibility index (Phi) is 7.06. The first kappa shape index (κ1) is 26.7. The number of fused-ring (bicyclic) bond motifs is 4. The summed E-state index contributed by atoms with van der Waals surface area (Å²) in [7, 11) is -9.96. The monoisotopic (exact) mass is 540 g/mol. The van der Waals surface area contributed by atoms with Gasteiger partial charge in [-0.1, -0.05) is 0 Å². The van der Waals surface area contributed by atoms with Gasteiger partial charge in [-0.05, 0) is 52.4 Å². The Labute approximate surface area is 202 Å². The Balaban J connectivity index is 2.19. The molecule has 2 aromatic rings. The van der Waals surface area contributed by atoms with Gasteiger partial charge in [0, 0.05) is 49.2 Å². The van der Waals surface area contributed by atoms with Crippen LogP contribution in [-0.4, -0.2) is 51.5 Å². The maximum atomic E-state index is 13.3. The van der Waals surface area contributed by atoms with Gasteiger partial charge in [-0.25, -0.2) is 9.59 Å². The van der Waals surface area contributed by atoms with Crippen molar-refractivity contribution >= 4 is 33.3 Å². The molecular formula is C20H36N4O6Si4. The lowest BCUT2D eigenvalue weighted by atomic mass is 10.6. The van der Waals surface area contributed by atoms with E-state index in [0.717, 1.165) is 0 Å². The molecule has 0 aromatic carbocycles. The van der Waals surface area contributed by atoms with E-state index in [1.54, 1.807) is 21.5 Å². The largest absolute Gasteiger partial charge is 0.453 e. The quantitative estimate of drug-likeness (QED) is 0.463. The molecule has 0 aliphatic carbocycles. The molecule has 1 aliphatic heterocycles. The molecule has 0 fully saturated rings. The normalized spacial score (nSPS) is 21.6. The fourth-order valence-corrected chi connectivity index (χ4v) is 22.1. The van der Waals surface area contributed by atoms with Crippen molar-refractivity contribution in [3.63, 3.8) is 0 Å². The fourth-order valence-electron chi connectivity index (χ4n) is 4.85. The van der Waals surface area contributed by atoms with E-state index in [1.165, 1.54) is 21.3 Å². The smallest absolute Gasteiger partial charge is 0.330 e. The standard InChI is InChI=1S/C20H36N4O6Si4/c1-31(2)13-21-11-9-17(25)23(19(21)27)15-33(5,6)30-34(7,8)16-24-18(26)10-12-22(20(24)28)14-32(3,4)29-31/h9-12H,13-16H2,1-8H3. The Bertz CT molecular complexity index is 1220. The molecule has 3 heterocycles. The molecule has 0 saturated heterocycles. The number of aromatic nitrogens is 4. The first-order valence-electron chi connectivity index (χ1n) is 11.4. The van der Waals surface area contributed by atoms with E-state index < -0.39 is 33.3 Å². The summed E-state index contributed by atoms with van der Waals surface area (Å²) in [5.74, 6) is 0. The SMILES string of the molecule is C[Si]1(C)Cn2ccc(=O)n(c2=O)C[Si](C)(C)O[Si](C)(C)Cn2c(=O)ccn(c2=O)C[Si](C)(C)O1. The first-order valence-corrected chi connectivity index (χ1v) is 23.9. The van der Waals surface area contributed by atoms with Crippen LogP contribution in [0, 0.1) is 0 Å². The number of hydrogen-bond acceptors (Lipinski definition) is 6. The van der Waals surface area contributed by atoms with Crippen LogP contribution in [0.25, 0.3) is 0 Å². The third kappa shape index (κ3) is 6.22. The van der Waals surface area contributed by atoms with Crippen LogP contribution >= 0.6 is 0 Å². The third-order valence-electron chi connectivity index (χ3n) is 5.56. The molecule has 0 radical (unpaired) electrons. The second-order valence-electron chi connectivity index (χ2n) is 11.5. The zero-order valence-electron chi connectivity index (χ0n) is 21.4. The highest BCUT2D eigenvalue weighted by atomic mass is 28.4. The van der Waals surface area contributed by atoms with Crippen molar-refractivity contribution in [3.8, 4) is 0 Å². The van der Waals surface area contributed by atoms with Crippen molar-refractivity contribution in [2.75, 3.05) is 0 Å². The average Bonchev–Trinajstić information content (AvgIpc) is 2.64. The van der Waals surface area contributed by atoms with Gasteiger partial charge in [0.1, 0.15) is 0 Å². The zero-order valence-corrected chi connectivity index (χ0v) is 25.4. The number of rotatable bonds is 0. The van der Waals surface area contributed by atoms with E-state index in [1.807, 2.05) is 52.4 Å². The number of nitrogens with zero attached hydrogens (tertiary/aromatic N) is 4. The molecule has 0 saturated carbocycles. The van der Waals surface area contributed by atoms with Gasteiger partial charge in [0.05, 0.1) is 0 Å². The highest BCUT2D eigenvalue weighted by molar-refractivity contribution is 6.84. The minimum atomic E-state index is -2.57. The fraction of sp³-hybridized carbons (Fsp3) is 0.600. The van der Waals surface area contributed by atoms with Gasteiger partial charge in [-0.2, -0.15) is 0 Å². The summed E-state index contributed by atoms with van der Waals surface area (Å²) in [5, 5.41) is 0. The Hall–Kier alpha value is -1.85. The van der Waals surface area contributed by atoms with Crippen molar-refractivity contribution < 1.29 is 8.23 Å². The second kappa shape index (κ2) is 8.98. The topological polar surface area (TPSA) is 106 Å². The molecule has 0 amide bonds. The molecule has 0 spiro atoms. The van der Waals surface area contributed by atoms with Crippen molar-refractivity contribution in [2.45, 2.75) is 77.0 Å². The molecule has 1 aliphatic rings. The molecular weight excluding hydrogens is 505 g/mol. The third-order valence-corrected chi connectivity index (χ3v) is 18.8. The summed E-state index contributed by atoms with van der Waals surface area (Å²) in [6.07, 6.45) is 4.26. The molecule has 10 nitrogen and oxygen atoms in total. The second-order valence-corrected chi connectivity index (χ2v) is 28.5. The molecule has 188 valence electrons. The first-order chi connectivity index (χ1) is 15.4. The van der Waals surface area contributed by atoms with Gasteiger partial charge in [0.2, 0.25) is 0 Å². The van der Waals surface area contributed by atoms with Crippen LogP contribution in [0.15, 0.2) is 43.7 Å². The van der Waals surface area contributed by atoms with Crippen molar-refractivity contribution in [1.29, 1.82) is 0 Å². The van der Waals surface area contributed by atoms with E-state index >= 15 is 0 Å². The van der Waals surface area contributed by atoms with Gasteiger partial charge in [0.15, 0.2) is 33.3 Å². The molecule has 0 unspecified atom stereocenters.